The molecule has 0 saturated heterocycles. The van der Waals surface area contributed by atoms with Crippen molar-refractivity contribution >= 4 is 32.5 Å². The van der Waals surface area contributed by atoms with Gasteiger partial charge in [0, 0.05) is 41.9 Å². The lowest BCUT2D eigenvalue weighted by Crippen LogP contribution is -2.51. The lowest BCUT2D eigenvalue weighted by Gasteiger charge is -2.30. The van der Waals surface area contributed by atoms with Crippen molar-refractivity contribution in [3.05, 3.63) is 53.7 Å². The van der Waals surface area contributed by atoms with Crippen LogP contribution in [-0.4, -0.2) is 51.9 Å². The number of anilines is 1. The van der Waals surface area contributed by atoms with E-state index in [9.17, 15) is 13.2 Å². The monoisotopic (exact) mass is 471 g/mol. The van der Waals surface area contributed by atoms with E-state index in [-0.39, 0.29) is 12.5 Å². The van der Waals surface area contributed by atoms with Gasteiger partial charge in [-0.25, -0.2) is 13.1 Å². The largest absolute Gasteiger partial charge is 0.497 e. The van der Waals surface area contributed by atoms with E-state index in [2.05, 4.69) is 9.71 Å². The number of likely N-dealkylation sites (N-methyl/N-ethyl adjacent to an activating group) is 1. The number of fused-ring (bicyclic) bond motifs is 2. The van der Waals surface area contributed by atoms with Crippen molar-refractivity contribution in [2.45, 2.75) is 30.9 Å². The average molecular weight is 472 g/mol. The van der Waals surface area contributed by atoms with Gasteiger partial charge >= 0.3 is 0 Å². The van der Waals surface area contributed by atoms with Gasteiger partial charge in [0.05, 0.1) is 19.0 Å². The van der Waals surface area contributed by atoms with E-state index < -0.39 is 20.2 Å². The number of nitrogens with one attached hydrogen (secondary N) is 2. The van der Waals surface area contributed by atoms with Gasteiger partial charge in [0.1, 0.15) is 16.9 Å². The molecule has 1 aromatic heterocycles. The molecule has 0 fully saturated rings. The number of amides is 1. The third-order valence-electron chi connectivity index (χ3n) is 6.38. The molecule has 1 aliphatic rings. The van der Waals surface area contributed by atoms with Crippen molar-refractivity contribution in [3.63, 3.8) is 0 Å². The molecule has 4 rings (SSSR count). The highest BCUT2D eigenvalue weighted by molar-refractivity contribution is 7.90. The second-order valence-corrected chi connectivity index (χ2v) is 11.7. The van der Waals surface area contributed by atoms with Crippen molar-refractivity contribution in [1.82, 2.24) is 9.71 Å². The van der Waals surface area contributed by atoms with Gasteiger partial charge in [-0.3, -0.25) is 4.79 Å². The SMILES string of the molecule is COc1ccc2c(c1)[C@](CNS(=O)(=O)C(C)(C)C)(c1c[nH]c3ccc(OC)cc13)C(=O)N2C. The van der Waals surface area contributed by atoms with Gasteiger partial charge in [0.25, 0.3) is 0 Å². The third-order valence-corrected chi connectivity index (χ3v) is 8.51. The molecule has 9 heteroatoms. The number of benzene rings is 2. The van der Waals surface area contributed by atoms with E-state index in [1.165, 1.54) is 0 Å². The summed E-state index contributed by atoms with van der Waals surface area (Å²) in [6.45, 7) is 4.73. The number of hydrogen-bond donors (Lipinski definition) is 2. The number of carbonyl (C=O) groups is 1. The number of ether oxygens (including phenoxy) is 2. The Kier molecular flexibility index (Phi) is 5.45. The van der Waals surface area contributed by atoms with Crippen molar-refractivity contribution in [2.24, 2.45) is 0 Å². The fourth-order valence-electron chi connectivity index (χ4n) is 4.31. The van der Waals surface area contributed by atoms with Gasteiger partial charge in [-0.15, -0.1) is 0 Å². The molecule has 1 aliphatic heterocycles. The first-order chi connectivity index (χ1) is 15.5. The fraction of sp³-hybridized carbons (Fsp3) is 0.375. The lowest BCUT2D eigenvalue weighted by molar-refractivity contribution is -0.121. The van der Waals surface area contributed by atoms with Crippen LogP contribution in [-0.2, 0) is 20.2 Å². The Morgan fingerprint density at radius 3 is 2.30 bits per heavy atom. The van der Waals surface area contributed by atoms with E-state index in [0.29, 0.717) is 28.3 Å². The molecule has 8 nitrogen and oxygen atoms in total. The minimum Gasteiger partial charge on any atom is -0.497 e. The zero-order chi connectivity index (χ0) is 24.2. The summed E-state index contributed by atoms with van der Waals surface area (Å²) in [5.41, 5.74) is 1.55. The minimum atomic E-state index is -3.73. The van der Waals surface area contributed by atoms with Gasteiger partial charge in [-0.05, 0) is 62.7 Å². The third kappa shape index (κ3) is 3.46. The molecule has 0 saturated carbocycles. The molecule has 2 aromatic carbocycles. The molecule has 176 valence electrons. The number of aromatic amines is 1. The Hall–Kier alpha value is -3.04. The van der Waals surface area contributed by atoms with Crippen LogP contribution in [0, 0.1) is 0 Å². The summed E-state index contributed by atoms with van der Waals surface area (Å²) in [7, 11) is 1.11. The van der Waals surface area contributed by atoms with Gasteiger partial charge in [-0.1, -0.05) is 0 Å². The second-order valence-electron chi connectivity index (χ2n) is 9.20. The van der Waals surface area contributed by atoms with Crippen LogP contribution in [0.3, 0.4) is 0 Å². The molecule has 0 radical (unpaired) electrons. The molecule has 0 spiro atoms. The van der Waals surface area contributed by atoms with Crippen LogP contribution in [0.5, 0.6) is 11.5 Å². The van der Waals surface area contributed by atoms with Crippen LogP contribution in [0.2, 0.25) is 0 Å². The Balaban J connectivity index is 2.01. The first-order valence-electron chi connectivity index (χ1n) is 10.6. The molecule has 1 atom stereocenters. The molecular formula is C24H29N3O5S. The molecule has 2 N–H and O–H groups in total. The number of aromatic nitrogens is 1. The Morgan fingerprint density at radius 1 is 1.03 bits per heavy atom. The van der Waals surface area contributed by atoms with Crippen LogP contribution in [0.4, 0.5) is 5.69 Å². The van der Waals surface area contributed by atoms with Gasteiger partial charge in [-0.2, -0.15) is 0 Å². The van der Waals surface area contributed by atoms with Gasteiger partial charge < -0.3 is 19.4 Å². The number of methoxy groups -OCH3 is 2. The highest BCUT2D eigenvalue weighted by atomic mass is 32.2. The number of rotatable bonds is 6. The van der Waals surface area contributed by atoms with Crippen LogP contribution in [0.25, 0.3) is 10.9 Å². The van der Waals surface area contributed by atoms with Crippen molar-refractivity contribution in [3.8, 4) is 11.5 Å². The predicted octanol–water partition coefficient (Wildman–Crippen LogP) is 3.17. The van der Waals surface area contributed by atoms with Crippen LogP contribution < -0.4 is 19.1 Å². The lowest BCUT2D eigenvalue weighted by atomic mass is 9.75. The summed E-state index contributed by atoms with van der Waals surface area (Å²) in [5, 5.41) is 0.779. The summed E-state index contributed by atoms with van der Waals surface area (Å²) in [6.07, 6.45) is 1.77. The molecule has 0 aliphatic carbocycles. The number of hydrogen-bond acceptors (Lipinski definition) is 5. The Morgan fingerprint density at radius 2 is 1.67 bits per heavy atom. The molecule has 1 amide bonds. The van der Waals surface area contributed by atoms with Gasteiger partial charge in [0.2, 0.25) is 15.9 Å². The number of H-pyrrole nitrogens is 1. The average Bonchev–Trinajstić information content (AvgIpc) is 3.29. The molecule has 0 unspecified atom stereocenters. The number of carbonyl (C=O) groups excluding carboxylic acids is 1. The standard InChI is InChI=1S/C24H29N3O5S/c1-23(2,3)33(29,30)26-14-24(19-13-25-20-9-7-15(31-5)11-17(19)20)18-12-16(32-6)8-10-21(18)27(4)22(24)28/h7-13,25-26H,14H2,1-6H3/t24-/m1/s1. The molecule has 33 heavy (non-hydrogen) atoms. The van der Waals surface area contributed by atoms with Crippen molar-refractivity contribution in [1.29, 1.82) is 0 Å². The zero-order valence-electron chi connectivity index (χ0n) is 19.6. The minimum absolute atomic E-state index is 0.139. The highest BCUT2D eigenvalue weighted by Crippen LogP contribution is 2.49. The van der Waals surface area contributed by atoms with E-state index in [1.54, 1.807) is 65.3 Å². The smallest absolute Gasteiger partial charge is 0.243 e. The summed E-state index contributed by atoms with van der Waals surface area (Å²) in [4.78, 5) is 18.7. The molecule has 3 aromatic rings. The second kappa shape index (κ2) is 7.78. The normalized spacial score (nSPS) is 18.6. The topological polar surface area (TPSA) is 101 Å². The molecular weight excluding hydrogens is 442 g/mol. The summed E-state index contributed by atoms with van der Waals surface area (Å²) in [5.74, 6) is 0.988. The number of nitrogens with zero attached hydrogens (tertiary/aromatic N) is 1. The van der Waals surface area contributed by atoms with Crippen molar-refractivity contribution in [2.75, 3.05) is 32.7 Å². The van der Waals surface area contributed by atoms with Crippen LogP contribution in [0.1, 0.15) is 31.9 Å². The van der Waals surface area contributed by atoms with E-state index in [1.807, 2.05) is 24.3 Å². The highest BCUT2D eigenvalue weighted by Gasteiger charge is 2.53. The molecule has 0 bridgehead atoms. The predicted molar refractivity (Wildman–Crippen MR) is 129 cm³/mol. The van der Waals surface area contributed by atoms with Crippen LogP contribution in [0.15, 0.2) is 42.6 Å². The maximum Gasteiger partial charge on any atom is 0.243 e. The van der Waals surface area contributed by atoms with Crippen molar-refractivity contribution < 1.29 is 22.7 Å². The first-order valence-corrected chi connectivity index (χ1v) is 12.1. The van der Waals surface area contributed by atoms with E-state index in [0.717, 1.165) is 10.9 Å². The van der Waals surface area contributed by atoms with Crippen LogP contribution >= 0.6 is 0 Å². The summed E-state index contributed by atoms with van der Waals surface area (Å²) in [6, 6.07) is 11.0. The van der Waals surface area contributed by atoms with Gasteiger partial charge in [0.15, 0.2) is 0 Å². The Labute approximate surface area is 193 Å². The van der Waals surface area contributed by atoms with E-state index >= 15 is 0 Å². The zero-order valence-corrected chi connectivity index (χ0v) is 20.5. The maximum atomic E-state index is 14.0. The summed E-state index contributed by atoms with van der Waals surface area (Å²) < 4.78 is 38.6. The van der Waals surface area contributed by atoms with E-state index in [4.69, 9.17) is 9.47 Å². The first kappa shape index (κ1) is 23.1. The maximum absolute atomic E-state index is 14.0. The fourth-order valence-corrected chi connectivity index (χ4v) is 5.15. The number of sulfonamides is 1. The Bertz CT molecular complexity index is 1340. The quantitative estimate of drug-likeness (QED) is 0.575. The molecule has 2 heterocycles. The summed E-state index contributed by atoms with van der Waals surface area (Å²) >= 11 is 0.